The normalized spacial score (nSPS) is 15.7. The number of nitrogens with two attached hydrogens (primary N) is 1. The Balaban J connectivity index is 3.18. The lowest BCUT2D eigenvalue weighted by Crippen LogP contribution is -2.05. The summed E-state index contributed by atoms with van der Waals surface area (Å²) in [6.45, 7) is 3.39. The smallest absolute Gasteiger partial charge is 0.145 e. The monoisotopic (exact) mass is 185 g/mol. The fraction of sp³-hybridized carbons (Fsp3) is 0.333. The average molecular weight is 185 g/mol. The van der Waals surface area contributed by atoms with E-state index in [0.717, 1.165) is 5.56 Å². The van der Waals surface area contributed by atoms with Crippen molar-refractivity contribution in [1.82, 2.24) is 0 Å². The summed E-state index contributed by atoms with van der Waals surface area (Å²) in [4.78, 5) is 0. The van der Waals surface area contributed by atoms with Crippen LogP contribution in [0.2, 0.25) is 0 Å². The van der Waals surface area contributed by atoms with E-state index in [2.05, 4.69) is 9.24 Å². The zero-order valence-corrected chi connectivity index (χ0v) is 8.42. The predicted molar refractivity (Wildman–Crippen MR) is 53.8 cm³/mol. The third-order valence-corrected chi connectivity index (χ3v) is 2.00. The summed E-state index contributed by atoms with van der Waals surface area (Å²) in [7, 11) is 2.15. The standard InChI is InChI=1S/C9H13FNP/c1-6-3-7(9(2,10)12)5-8(11)4-6/h3-5H,11-12H2,1-2H3. The lowest BCUT2D eigenvalue weighted by Gasteiger charge is -2.15. The van der Waals surface area contributed by atoms with E-state index in [-0.39, 0.29) is 0 Å². The summed E-state index contributed by atoms with van der Waals surface area (Å²) in [5.41, 5.74) is 7.77. The summed E-state index contributed by atoms with van der Waals surface area (Å²) in [6, 6.07) is 5.27. The van der Waals surface area contributed by atoms with Crippen LogP contribution in [-0.4, -0.2) is 0 Å². The largest absolute Gasteiger partial charge is 0.399 e. The van der Waals surface area contributed by atoms with Gasteiger partial charge in [-0.2, -0.15) is 0 Å². The first kappa shape index (κ1) is 9.47. The molecule has 0 radical (unpaired) electrons. The number of benzene rings is 1. The Labute approximate surface area is 74.4 Å². The number of anilines is 1. The third kappa shape index (κ3) is 2.18. The third-order valence-electron chi connectivity index (χ3n) is 1.66. The Bertz CT molecular complexity index is 271. The first-order valence-corrected chi connectivity index (χ1v) is 4.33. The highest BCUT2D eigenvalue weighted by molar-refractivity contribution is 7.18. The fourth-order valence-corrected chi connectivity index (χ4v) is 1.26. The second kappa shape index (κ2) is 3.02. The van der Waals surface area contributed by atoms with Crippen LogP contribution in [0.25, 0.3) is 0 Å². The number of aryl methyl sites for hydroxylation is 1. The molecule has 0 aliphatic carbocycles. The van der Waals surface area contributed by atoms with Crippen molar-refractivity contribution in [3.63, 3.8) is 0 Å². The van der Waals surface area contributed by atoms with Gasteiger partial charge in [0, 0.05) is 5.69 Å². The topological polar surface area (TPSA) is 26.0 Å². The van der Waals surface area contributed by atoms with Crippen LogP contribution >= 0.6 is 9.24 Å². The van der Waals surface area contributed by atoms with E-state index in [1.54, 1.807) is 12.1 Å². The Morgan fingerprint density at radius 1 is 1.42 bits per heavy atom. The molecule has 0 aromatic heterocycles. The van der Waals surface area contributed by atoms with Gasteiger partial charge < -0.3 is 5.73 Å². The number of rotatable bonds is 1. The van der Waals surface area contributed by atoms with Gasteiger partial charge in [0.2, 0.25) is 0 Å². The second-order valence-corrected chi connectivity index (χ2v) is 4.29. The summed E-state index contributed by atoms with van der Waals surface area (Å²) < 4.78 is 13.4. The first-order chi connectivity index (χ1) is 5.39. The van der Waals surface area contributed by atoms with Crippen LogP contribution in [0.1, 0.15) is 18.1 Å². The second-order valence-electron chi connectivity index (χ2n) is 3.21. The van der Waals surface area contributed by atoms with E-state index >= 15 is 0 Å². The van der Waals surface area contributed by atoms with E-state index in [4.69, 9.17) is 5.73 Å². The Morgan fingerprint density at radius 2 is 2.00 bits per heavy atom. The minimum Gasteiger partial charge on any atom is -0.399 e. The lowest BCUT2D eigenvalue weighted by molar-refractivity contribution is 0.324. The van der Waals surface area contributed by atoms with E-state index in [9.17, 15) is 4.39 Å². The highest BCUT2D eigenvalue weighted by Gasteiger charge is 2.18. The van der Waals surface area contributed by atoms with Gasteiger partial charge in [0.25, 0.3) is 0 Å². The van der Waals surface area contributed by atoms with Gasteiger partial charge in [0.15, 0.2) is 0 Å². The maximum absolute atomic E-state index is 13.4. The minimum atomic E-state index is -1.39. The summed E-state index contributed by atoms with van der Waals surface area (Å²) in [6.07, 6.45) is 0. The maximum atomic E-state index is 13.4. The molecule has 0 saturated carbocycles. The lowest BCUT2D eigenvalue weighted by atomic mass is 10.1. The molecule has 1 rings (SSSR count). The van der Waals surface area contributed by atoms with E-state index < -0.39 is 5.41 Å². The molecule has 1 aromatic carbocycles. The summed E-state index contributed by atoms with van der Waals surface area (Å²) >= 11 is 0. The number of alkyl halides is 1. The number of nitrogen functional groups attached to an aromatic ring is 1. The van der Waals surface area contributed by atoms with Crippen LogP contribution in [0.5, 0.6) is 0 Å². The molecule has 2 unspecified atom stereocenters. The van der Waals surface area contributed by atoms with E-state index in [0.29, 0.717) is 11.3 Å². The quantitative estimate of drug-likeness (QED) is 0.528. The molecule has 3 heteroatoms. The van der Waals surface area contributed by atoms with Crippen molar-refractivity contribution in [2.75, 3.05) is 5.73 Å². The summed E-state index contributed by atoms with van der Waals surface area (Å²) in [5, 5.41) is -1.39. The highest BCUT2D eigenvalue weighted by Crippen LogP contribution is 2.33. The molecule has 0 fully saturated rings. The van der Waals surface area contributed by atoms with Gasteiger partial charge in [-0.1, -0.05) is 15.3 Å². The van der Waals surface area contributed by atoms with Crippen LogP contribution in [0.3, 0.4) is 0 Å². The first-order valence-electron chi connectivity index (χ1n) is 3.75. The molecule has 12 heavy (non-hydrogen) atoms. The molecule has 0 aliphatic rings. The molecule has 2 atom stereocenters. The molecule has 1 aromatic rings. The van der Waals surface area contributed by atoms with Crippen molar-refractivity contribution in [3.8, 4) is 0 Å². The molecule has 1 nitrogen and oxygen atoms in total. The van der Waals surface area contributed by atoms with Crippen LogP contribution in [0.15, 0.2) is 18.2 Å². The molecule has 0 heterocycles. The van der Waals surface area contributed by atoms with Crippen molar-refractivity contribution < 1.29 is 4.39 Å². The molecular weight excluding hydrogens is 172 g/mol. The number of hydrogen-bond acceptors (Lipinski definition) is 1. The van der Waals surface area contributed by atoms with Gasteiger partial charge in [0.1, 0.15) is 5.41 Å². The van der Waals surface area contributed by atoms with E-state index in [1.807, 2.05) is 13.0 Å². The molecule has 0 spiro atoms. The maximum Gasteiger partial charge on any atom is 0.145 e. The van der Waals surface area contributed by atoms with Crippen molar-refractivity contribution in [1.29, 1.82) is 0 Å². The fourth-order valence-electron chi connectivity index (χ4n) is 1.09. The SMILES string of the molecule is Cc1cc(N)cc(C(C)(F)P)c1. The van der Waals surface area contributed by atoms with Crippen molar-refractivity contribution in [3.05, 3.63) is 29.3 Å². The van der Waals surface area contributed by atoms with Gasteiger partial charge in [-0.3, -0.25) is 0 Å². The molecule has 66 valence electrons. The van der Waals surface area contributed by atoms with Crippen LogP contribution in [0.4, 0.5) is 10.1 Å². The molecular formula is C9H13FNP. The van der Waals surface area contributed by atoms with Gasteiger partial charge >= 0.3 is 0 Å². The molecule has 2 N–H and O–H groups in total. The Morgan fingerprint density at radius 3 is 2.42 bits per heavy atom. The van der Waals surface area contributed by atoms with Crippen LogP contribution in [0, 0.1) is 6.92 Å². The van der Waals surface area contributed by atoms with Gasteiger partial charge in [-0.15, -0.1) is 0 Å². The zero-order valence-electron chi connectivity index (χ0n) is 7.26. The van der Waals surface area contributed by atoms with Gasteiger partial charge in [0.05, 0.1) is 0 Å². The summed E-state index contributed by atoms with van der Waals surface area (Å²) in [5.74, 6) is 0. The predicted octanol–water partition coefficient (Wildman–Crippen LogP) is 2.59. The molecule has 0 saturated heterocycles. The van der Waals surface area contributed by atoms with Crippen LogP contribution < -0.4 is 5.73 Å². The van der Waals surface area contributed by atoms with Crippen LogP contribution in [-0.2, 0) is 5.41 Å². The highest BCUT2D eigenvalue weighted by atomic mass is 31.0. The van der Waals surface area contributed by atoms with Crippen molar-refractivity contribution >= 4 is 14.9 Å². The van der Waals surface area contributed by atoms with Crippen molar-refractivity contribution in [2.24, 2.45) is 0 Å². The number of halogens is 1. The van der Waals surface area contributed by atoms with E-state index in [1.165, 1.54) is 6.92 Å². The Hall–Kier alpha value is -0.620. The molecule has 0 aliphatic heterocycles. The zero-order chi connectivity index (χ0) is 9.35. The van der Waals surface area contributed by atoms with Gasteiger partial charge in [-0.05, 0) is 37.1 Å². The minimum absolute atomic E-state index is 0.602. The van der Waals surface area contributed by atoms with Gasteiger partial charge in [-0.25, -0.2) is 4.39 Å². The Kier molecular flexibility index (Phi) is 2.39. The van der Waals surface area contributed by atoms with Crippen molar-refractivity contribution in [2.45, 2.75) is 19.3 Å². The molecule has 0 amide bonds. The number of hydrogen-bond donors (Lipinski definition) is 1. The average Bonchev–Trinajstić information content (AvgIpc) is 1.82. The molecule has 0 bridgehead atoms.